The maximum atomic E-state index is 12.0. The fourth-order valence-corrected chi connectivity index (χ4v) is 2.77. The molecular formula is C21H20Cl2N2O5. The molecule has 0 atom stereocenters. The van der Waals surface area contributed by atoms with Crippen LogP contribution in [-0.2, 0) is 19.1 Å². The third-order valence-corrected chi connectivity index (χ3v) is 4.47. The molecule has 0 unspecified atom stereocenters. The topological polar surface area (TPSA) is 102 Å². The number of carbonyl (C=O) groups excluding carboxylic acids is 4. The van der Waals surface area contributed by atoms with Crippen LogP contribution in [0.3, 0.4) is 0 Å². The molecule has 0 saturated carbocycles. The number of halogens is 2. The van der Waals surface area contributed by atoms with Gasteiger partial charge in [-0.1, -0.05) is 35.3 Å². The quantitative estimate of drug-likeness (QED) is 0.432. The van der Waals surface area contributed by atoms with Crippen molar-refractivity contribution >= 4 is 58.1 Å². The monoisotopic (exact) mass is 450 g/mol. The Labute approximate surface area is 183 Å². The van der Waals surface area contributed by atoms with Gasteiger partial charge in [-0.15, -0.1) is 0 Å². The Hall–Kier alpha value is -2.90. The number of rotatable bonds is 9. The van der Waals surface area contributed by atoms with Gasteiger partial charge in [-0.2, -0.15) is 0 Å². The van der Waals surface area contributed by atoms with Gasteiger partial charge in [0, 0.05) is 29.1 Å². The molecule has 0 aliphatic carbocycles. The molecule has 30 heavy (non-hydrogen) atoms. The highest BCUT2D eigenvalue weighted by atomic mass is 35.5. The lowest BCUT2D eigenvalue weighted by Gasteiger charge is -2.09. The normalized spacial score (nSPS) is 10.2. The summed E-state index contributed by atoms with van der Waals surface area (Å²) >= 11 is 11.8. The first-order chi connectivity index (χ1) is 14.2. The van der Waals surface area contributed by atoms with E-state index in [4.69, 9.17) is 27.9 Å². The first-order valence-electron chi connectivity index (χ1n) is 9.06. The molecule has 0 aromatic heterocycles. The third-order valence-electron chi connectivity index (χ3n) is 3.90. The van der Waals surface area contributed by atoms with E-state index in [1.54, 1.807) is 30.3 Å². The maximum absolute atomic E-state index is 12.0. The molecule has 2 N–H and O–H groups in total. The van der Waals surface area contributed by atoms with E-state index >= 15 is 0 Å². The van der Waals surface area contributed by atoms with Crippen molar-refractivity contribution in [1.29, 1.82) is 0 Å². The molecule has 7 nitrogen and oxygen atoms in total. The van der Waals surface area contributed by atoms with Crippen molar-refractivity contribution in [1.82, 2.24) is 0 Å². The van der Waals surface area contributed by atoms with Crippen molar-refractivity contribution in [2.24, 2.45) is 0 Å². The largest absolute Gasteiger partial charge is 0.456 e. The summed E-state index contributed by atoms with van der Waals surface area (Å²) in [5.74, 6) is -1.56. The summed E-state index contributed by atoms with van der Waals surface area (Å²) in [6, 6.07) is 11.2. The average Bonchev–Trinajstić information content (AvgIpc) is 2.69. The zero-order valence-electron chi connectivity index (χ0n) is 16.2. The summed E-state index contributed by atoms with van der Waals surface area (Å²) in [6.45, 7) is 0.960. The molecule has 2 rings (SSSR count). The Kier molecular flexibility index (Phi) is 8.83. The summed E-state index contributed by atoms with van der Waals surface area (Å²) in [7, 11) is 0. The van der Waals surface area contributed by atoms with Gasteiger partial charge in [0.15, 0.2) is 12.4 Å². The zero-order chi connectivity index (χ0) is 22.1. The minimum absolute atomic E-state index is 0.0217. The molecule has 0 saturated heterocycles. The minimum Gasteiger partial charge on any atom is -0.456 e. The number of nitrogens with one attached hydrogen (secondary N) is 2. The SMILES string of the molecule is CC(=O)c1cccc(NC(=O)CCCC(=O)OCC(=O)Nc2cc(Cl)ccc2Cl)c1. The summed E-state index contributed by atoms with van der Waals surface area (Å²) in [5.41, 5.74) is 1.32. The van der Waals surface area contributed by atoms with Gasteiger partial charge in [0.1, 0.15) is 0 Å². The summed E-state index contributed by atoms with van der Waals surface area (Å²) in [6.07, 6.45) is 0.314. The highest BCUT2D eigenvalue weighted by Gasteiger charge is 2.11. The number of carbonyl (C=O) groups is 4. The minimum atomic E-state index is -0.603. The number of hydrogen-bond donors (Lipinski definition) is 2. The van der Waals surface area contributed by atoms with Gasteiger partial charge in [-0.05, 0) is 43.7 Å². The van der Waals surface area contributed by atoms with Crippen LogP contribution in [0, 0.1) is 0 Å². The predicted molar refractivity (Wildman–Crippen MR) is 115 cm³/mol. The van der Waals surface area contributed by atoms with E-state index in [-0.39, 0.29) is 31.0 Å². The van der Waals surface area contributed by atoms with Gasteiger partial charge in [0.2, 0.25) is 5.91 Å². The molecule has 9 heteroatoms. The van der Waals surface area contributed by atoms with Crippen LogP contribution >= 0.6 is 23.2 Å². The zero-order valence-corrected chi connectivity index (χ0v) is 17.7. The average molecular weight is 451 g/mol. The van der Waals surface area contributed by atoms with Gasteiger partial charge in [-0.25, -0.2) is 0 Å². The number of amides is 2. The molecule has 0 heterocycles. The lowest BCUT2D eigenvalue weighted by molar-refractivity contribution is -0.147. The fourth-order valence-electron chi connectivity index (χ4n) is 2.43. The second kappa shape index (κ2) is 11.3. The van der Waals surface area contributed by atoms with Crippen molar-refractivity contribution in [2.45, 2.75) is 26.2 Å². The van der Waals surface area contributed by atoms with Crippen LogP contribution in [0.4, 0.5) is 11.4 Å². The van der Waals surface area contributed by atoms with Crippen molar-refractivity contribution in [2.75, 3.05) is 17.2 Å². The Bertz CT molecular complexity index is 962. The molecule has 2 aromatic rings. The fraction of sp³-hybridized carbons (Fsp3) is 0.238. The van der Waals surface area contributed by atoms with Crippen LogP contribution in [0.2, 0.25) is 10.0 Å². The Morgan fingerprint density at radius 2 is 1.70 bits per heavy atom. The summed E-state index contributed by atoms with van der Waals surface area (Å²) in [5, 5.41) is 5.87. The smallest absolute Gasteiger partial charge is 0.306 e. The molecule has 0 bridgehead atoms. The Morgan fingerprint density at radius 3 is 2.43 bits per heavy atom. The van der Waals surface area contributed by atoms with E-state index in [9.17, 15) is 19.2 Å². The first-order valence-corrected chi connectivity index (χ1v) is 9.81. The second-order valence-corrected chi connectivity index (χ2v) is 7.22. The molecule has 0 fully saturated rings. The van der Waals surface area contributed by atoms with E-state index in [1.165, 1.54) is 19.1 Å². The van der Waals surface area contributed by atoms with E-state index in [0.717, 1.165) is 0 Å². The number of benzene rings is 2. The van der Waals surface area contributed by atoms with Gasteiger partial charge >= 0.3 is 5.97 Å². The first kappa shape index (κ1) is 23.4. The van der Waals surface area contributed by atoms with Gasteiger partial charge < -0.3 is 15.4 Å². The molecule has 0 spiro atoms. The van der Waals surface area contributed by atoms with Gasteiger partial charge in [0.05, 0.1) is 10.7 Å². The molecule has 0 radical (unpaired) electrons. The second-order valence-electron chi connectivity index (χ2n) is 6.37. The van der Waals surface area contributed by atoms with Gasteiger partial charge in [-0.3, -0.25) is 19.2 Å². The molecule has 0 aliphatic rings. The third kappa shape index (κ3) is 7.85. The Morgan fingerprint density at radius 1 is 0.933 bits per heavy atom. The lowest BCUT2D eigenvalue weighted by Crippen LogP contribution is -2.21. The molecule has 2 amide bonds. The summed E-state index contributed by atoms with van der Waals surface area (Å²) in [4.78, 5) is 47.0. The highest BCUT2D eigenvalue weighted by Crippen LogP contribution is 2.25. The van der Waals surface area contributed by atoms with Crippen molar-refractivity contribution in [3.05, 3.63) is 58.1 Å². The summed E-state index contributed by atoms with van der Waals surface area (Å²) < 4.78 is 4.89. The number of esters is 1. The Balaban J connectivity index is 1.68. The number of ether oxygens (including phenoxy) is 1. The van der Waals surface area contributed by atoms with Crippen LogP contribution in [0.15, 0.2) is 42.5 Å². The molecule has 0 aliphatic heterocycles. The van der Waals surface area contributed by atoms with Crippen LogP contribution in [-0.4, -0.2) is 30.2 Å². The van der Waals surface area contributed by atoms with Crippen molar-refractivity contribution in [3.8, 4) is 0 Å². The number of anilines is 2. The van der Waals surface area contributed by atoms with E-state index in [0.29, 0.717) is 27.0 Å². The molecule has 158 valence electrons. The number of ketones is 1. The van der Waals surface area contributed by atoms with Crippen LogP contribution in [0.1, 0.15) is 36.5 Å². The van der Waals surface area contributed by atoms with E-state index in [1.807, 2.05) is 0 Å². The van der Waals surface area contributed by atoms with Crippen LogP contribution in [0.25, 0.3) is 0 Å². The standard InChI is InChI=1S/C21H20Cl2N2O5/c1-13(26)14-4-2-5-16(10-14)24-19(27)6-3-7-21(29)30-12-20(28)25-18-11-15(22)8-9-17(18)23/h2,4-5,8-11H,3,6-7,12H2,1H3,(H,24,27)(H,25,28). The van der Waals surface area contributed by atoms with E-state index in [2.05, 4.69) is 10.6 Å². The predicted octanol–water partition coefficient (Wildman–Crippen LogP) is 4.49. The van der Waals surface area contributed by atoms with Crippen LogP contribution in [0.5, 0.6) is 0 Å². The lowest BCUT2D eigenvalue weighted by atomic mass is 10.1. The van der Waals surface area contributed by atoms with Gasteiger partial charge in [0.25, 0.3) is 5.91 Å². The van der Waals surface area contributed by atoms with Crippen molar-refractivity contribution < 1.29 is 23.9 Å². The highest BCUT2D eigenvalue weighted by molar-refractivity contribution is 6.35. The maximum Gasteiger partial charge on any atom is 0.306 e. The van der Waals surface area contributed by atoms with Crippen molar-refractivity contribution in [3.63, 3.8) is 0 Å². The molecule has 2 aromatic carbocycles. The van der Waals surface area contributed by atoms with E-state index < -0.39 is 18.5 Å². The number of hydrogen-bond acceptors (Lipinski definition) is 5. The van der Waals surface area contributed by atoms with Crippen LogP contribution < -0.4 is 10.6 Å². The number of Topliss-reactive ketones (excluding diaryl/α,β-unsaturated/α-hetero) is 1. The molecular weight excluding hydrogens is 431 g/mol.